The number of aliphatic hydroxyl groups excluding tert-OH is 3. The van der Waals surface area contributed by atoms with Crippen LogP contribution in [0.15, 0.2) is 36.5 Å². The molecule has 8 atom stereocenters. The second kappa shape index (κ2) is 6.56. The van der Waals surface area contributed by atoms with Crippen molar-refractivity contribution in [3.63, 3.8) is 0 Å². The number of carbonyl (C=O) groups excluding carboxylic acids is 2. The van der Waals surface area contributed by atoms with Gasteiger partial charge in [0.1, 0.15) is 24.4 Å². The SMILES string of the molecule is C=C(C)C(=O)OC[C@]1(O)[C@@H]2[C@H]3OC(=O)C(=C)[C@@H]3[C@@H](O)CC(=C)[C@@H]2[C@@H](O)[C@@H]1O. The second-order valence-corrected chi connectivity index (χ2v) is 7.69. The molecule has 0 radical (unpaired) electrons. The fraction of sp³-hybridized carbons (Fsp3) is 0.579. The zero-order valence-corrected chi connectivity index (χ0v) is 15.0. The molecule has 0 amide bonds. The molecule has 2 aliphatic carbocycles. The van der Waals surface area contributed by atoms with Crippen molar-refractivity contribution in [2.75, 3.05) is 6.61 Å². The zero-order chi connectivity index (χ0) is 20.3. The molecule has 8 heteroatoms. The fourth-order valence-electron chi connectivity index (χ4n) is 4.57. The molecule has 27 heavy (non-hydrogen) atoms. The fourth-order valence-corrected chi connectivity index (χ4v) is 4.57. The third kappa shape index (κ3) is 2.84. The first-order chi connectivity index (χ1) is 12.5. The van der Waals surface area contributed by atoms with Crippen molar-refractivity contribution in [1.82, 2.24) is 0 Å². The number of fused-ring (bicyclic) bond motifs is 3. The zero-order valence-electron chi connectivity index (χ0n) is 15.0. The minimum atomic E-state index is -2.12. The first-order valence-corrected chi connectivity index (χ1v) is 8.67. The number of ether oxygens (including phenoxy) is 2. The van der Waals surface area contributed by atoms with E-state index in [1.54, 1.807) is 0 Å². The van der Waals surface area contributed by atoms with Crippen LogP contribution >= 0.6 is 0 Å². The normalized spacial score (nSPS) is 43.6. The highest BCUT2D eigenvalue weighted by atomic mass is 16.6. The van der Waals surface area contributed by atoms with E-state index in [-0.39, 0.29) is 17.6 Å². The van der Waals surface area contributed by atoms with Gasteiger partial charge in [-0.1, -0.05) is 25.3 Å². The minimum absolute atomic E-state index is 0.0450. The number of hydrogen-bond donors (Lipinski definition) is 4. The minimum Gasteiger partial charge on any atom is -0.459 e. The average molecular weight is 380 g/mol. The van der Waals surface area contributed by atoms with Gasteiger partial charge < -0.3 is 29.9 Å². The molecule has 1 heterocycles. The van der Waals surface area contributed by atoms with E-state index in [4.69, 9.17) is 9.47 Å². The molecule has 3 aliphatic rings. The van der Waals surface area contributed by atoms with Crippen molar-refractivity contribution in [2.45, 2.75) is 43.4 Å². The third-order valence-corrected chi connectivity index (χ3v) is 5.92. The van der Waals surface area contributed by atoms with Gasteiger partial charge in [-0.05, 0) is 13.3 Å². The highest BCUT2D eigenvalue weighted by Crippen LogP contribution is 2.54. The van der Waals surface area contributed by atoms with E-state index in [1.165, 1.54) is 6.92 Å². The molecule has 1 saturated heterocycles. The Balaban J connectivity index is 2.03. The molecule has 4 N–H and O–H groups in total. The van der Waals surface area contributed by atoms with Crippen molar-refractivity contribution in [3.8, 4) is 0 Å². The summed E-state index contributed by atoms with van der Waals surface area (Å²) in [5.41, 5.74) is -1.56. The largest absolute Gasteiger partial charge is 0.459 e. The standard InChI is InChI=1S/C19H24O8/c1-7(2)17(23)26-6-19(25)13-11(14(21)16(19)22)8(3)5-10(20)12-9(4)18(24)27-15(12)13/h10-16,20-22,25H,1,3-6H2,2H3/t10-,11-,12+,13-,14+,15-,16-,19-/m0/s1. The number of hydrogen-bond acceptors (Lipinski definition) is 8. The molecular formula is C19H24O8. The van der Waals surface area contributed by atoms with Crippen LogP contribution in [-0.4, -0.2) is 69.0 Å². The number of carbonyl (C=O) groups is 2. The molecule has 3 rings (SSSR count). The molecule has 0 aromatic carbocycles. The molecule has 0 aromatic rings. The van der Waals surface area contributed by atoms with Crippen LogP contribution in [-0.2, 0) is 19.1 Å². The van der Waals surface area contributed by atoms with Gasteiger partial charge in [0.25, 0.3) is 0 Å². The molecule has 0 unspecified atom stereocenters. The quantitative estimate of drug-likeness (QED) is 0.285. The van der Waals surface area contributed by atoms with E-state index >= 15 is 0 Å². The summed E-state index contributed by atoms with van der Waals surface area (Å²) in [5.74, 6) is -4.22. The summed E-state index contributed by atoms with van der Waals surface area (Å²) >= 11 is 0. The smallest absolute Gasteiger partial charge is 0.334 e. The highest BCUT2D eigenvalue weighted by Gasteiger charge is 2.67. The summed E-state index contributed by atoms with van der Waals surface area (Å²) in [7, 11) is 0. The molecule has 0 spiro atoms. The van der Waals surface area contributed by atoms with Gasteiger partial charge in [0.05, 0.1) is 18.1 Å². The first-order valence-electron chi connectivity index (χ1n) is 8.67. The summed E-state index contributed by atoms with van der Waals surface area (Å²) in [5, 5.41) is 42.9. The lowest BCUT2D eigenvalue weighted by molar-refractivity contribution is -0.178. The Morgan fingerprint density at radius 2 is 1.93 bits per heavy atom. The maximum Gasteiger partial charge on any atom is 0.334 e. The van der Waals surface area contributed by atoms with E-state index in [0.29, 0.717) is 5.57 Å². The van der Waals surface area contributed by atoms with E-state index in [1.807, 2.05) is 0 Å². The Labute approximate surface area is 156 Å². The molecule has 8 nitrogen and oxygen atoms in total. The van der Waals surface area contributed by atoms with Crippen LogP contribution < -0.4 is 0 Å². The summed E-state index contributed by atoms with van der Waals surface area (Å²) in [4.78, 5) is 23.8. The Morgan fingerprint density at radius 1 is 1.30 bits per heavy atom. The predicted molar refractivity (Wildman–Crippen MR) is 92.0 cm³/mol. The highest BCUT2D eigenvalue weighted by molar-refractivity contribution is 5.91. The van der Waals surface area contributed by atoms with Gasteiger partial charge in [-0.3, -0.25) is 0 Å². The van der Waals surface area contributed by atoms with Crippen LogP contribution in [0.4, 0.5) is 0 Å². The summed E-state index contributed by atoms with van der Waals surface area (Å²) < 4.78 is 10.4. The van der Waals surface area contributed by atoms with Crippen molar-refractivity contribution >= 4 is 11.9 Å². The third-order valence-electron chi connectivity index (χ3n) is 5.92. The Hall–Kier alpha value is -2.00. The Kier molecular flexibility index (Phi) is 4.80. The van der Waals surface area contributed by atoms with Crippen molar-refractivity contribution < 1.29 is 39.5 Å². The monoisotopic (exact) mass is 380 g/mol. The molecule has 3 fully saturated rings. The van der Waals surface area contributed by atoms with Crippen LogP contribution in [0, 0.1) is 17.8 Å². The molecule has 2 saturated carbocycles. The predicted octanol–water partition coefficient (Wildman–Crippen LogP) is -0.777. The molecule has 148 valence electrons. The lowest BCUT2D eigenvalue weighted by Gasteiger charge is -2.37. The van der Waals surface area contributed by atoms with Gasteiger partial charge in [0.15, 0.2) is 0 Å². The van der Waals surface area contributed by atoms with E-state index in [2.05, 4.69) is 19.7 Å². The van der Waals surface area contributed by atoms with Crippen LogP contribution in [0.5, 0.6) is 0 Å². The van der Waals surface area contributed by atoms with Crippen LogP contribution in [0.1, 0.15) is 13.3 Å². The Bertz CT molecular complexity index is 727. The Morgan fingerprint density at radius 3 is 2.52 bits per heavy atom. The van der Waals surface area contributed by atoms with Crippen LogP contribution in [0.3, 0.4) is 0 Å². The molecule has 0 bridgehead atoms. The van der Waals surface area contributed by atoms with Gasteiger partial charge in [-0.2, -0.15) is 0 Å². The van der Waals surface area contributed by atoms with Gasteiger partial charge in [0, 0.05) is 23.0 Å². The lowest BCUT2D eigenvalue weighted by Crippen LogP contribution is -2.54. The van der Waals surface area contributed by atoms with Gasteiger partial charge in [-0.15, -0.1) is 0 Å². The number of rotatable bonds is 3. The van der Waals surface area contributed by atoms with Crippen molar-refractivity contribution in [1.29, 1.82) is 0 Å². The van der Waals surface area contributed by atoms with Gasteiger partial charge in [-0.25, -0.2) is 9.59 Å². The van der Waals surface area contributed by atoms with E-state index in [9.17, 15) is 30.0 Å². The average Bonchev–Trinajstić information content (AvgIpc) is 2.94. The van der Waals surface area contributed by atoms with Crippen molar-refractivity contribution in [2.24, 2.45) is 17.8 Å². The first kappa shape index (κ1) is 19.8. The van der Waals surface area contributed by atoms with E-state index in [0.717, 1.165) is 0 Å². The number of aliphatic hydroxyl groups is 4. The lowest BCUT2D eigenvalue weighted by atomic mass is 9.76. The van der Waals surface area contributed by atoms with Crippen LogP contribution in [0.25, 0.3) is 0 Å². The van der Waals surface area contributed by atoms with E-state index < -0.39 is 66.3 Å². The maximum atomic E-state index is 12.0. The number of esters is 2. The van der Waals surface area contributed by atoms with Gasteiger partial charge >= 0.3 is 11.9 Å². The second-order valence-electron chi connectivity index (χ2n) is 7.69. The topological polar surface area (TPSA) is 134 Å². The van der Waals surface area contributed by atoms with Crippen molar-refractivity contribution in [3.05, 3.63) is 36.5 Å². The maximum absolute atomic E-state index is 12.0. The van der Waals surface area contributed by atoms with Gasteiger partial charge in [0.2, 0.25) is 0 Å². The molecular weight excluding hydrogens is 356 g/mol. The molecule has 1 aliphatic heterocycles. The van der Waals surface area contributed by atoms with Crippen LogP contribution in [0.2, 0.25) is 0 Å². The summed E-state index contributed by atoms with van der Waals surface area (Å²) in [6.07, 6.45) is -5.16. The summed E-state index contributed by atoms with van der Waals surface area (Å²) in [6, 6.07) is 0. The summed E-state index contributed by atoms with van der Waals surface area (Å²) in [6.45, 7) is 11.8. The molecule has 0 aromatic heterocycles.